The molecule has 0 unspecified atom stereocenters. The van der Waals surface area contributed by atoms with Crippen molar-refractivity contribution < 1.29 is 19.1 Å². The second-order valence-electron chi connectivity index (χ2n) is 3.07. The molecule has 0 rings (SSSR count). The zero-order valence-corrected chi connectivity index (χ0v) is 8.45. The minimum Gasteiger partial charge on any atom is -0.469 e. The molecule has 0 aliphatic carbocycles. The van der Waals surface area contributed by atoms with Gasteiger partial charge in [-0.2, -0.15) is 0 Å². The molecule has 14 heavy (non-hydrogen) atoms. The number of methoxy groups -OCH3 is 1. The fourth-order valence-corrected chi connectivity index (χ4v) is 1.08. The fraction of sp³-hybridized carbons (Fsp3) is 0.700. The Kier molecular flexibility index (Phi) is 7.70. The van der Waals surface area contributed by atoms with Gasteiger partial charge in [0.1, 0.15) is 0 Å². The van der Waals surface area contributed by atoms with E-state index in [0.29, 0.717) is 19.1 Å². The Balaban J connectivity index is 3.18. The van der Waals surface area contributed by atoms with Gasteiger partial charge in [-0.15, -0.1) is 0 Å². The van der Waals surface area contributed by atoms with Crippen molar-refractivity contribution in [1.82, 2.24) is 0 Å². The average molecular weight is 200 g/mol. The number of carbonyl (C=O) groups is 3. The summed E-state index contributed by atoms with van der Waals surface area (Å²) in [6, 6.07) is 0. The molecule has 0 aromatic heterocycles. The van der Waals surface area contributed by atoms with E-state index in [2.05, 4.69) is 4.74 Å². The molecule has 0 aromatic rings. The molecule has 4 nitrogen and oxygen atoms in total. The lowest BCUT2D eigenvalue weighted by Crippen LogP contribution is -2.00. The summed E-state index contributed by atoms with van der Waals surface area (Å²) in [4.78, 5) is 31.2. The van der Waals surface area contributed by atoms with Crippen LogP contribution >= 0.6 is 0 Å². The number of hydrogen-bond acceptors (Lipinski definition) is 4. The first-order chi connectivity index (χ1) is 6.70. The van der Waals surface area contributed by atoms with E-state index < -0.39 is 0 Å². The van der Waals surface area contributed by atoms with Gasteiger partial charge in [0.05, 0.1) is 7.11 Å². The minimum absolute atomic E-state index is 0.200. The Hall–Kier alpha value is -1.19. The zero-order valence-electron chi connectivity index (χ0n) is 8.45. The highest BCUT2D eigenvalue weighted by Crippen LogP contribution is 2.05. The van der Waals surface area contributed by atoms with Crippen LogP contribution in [0.15, 0.2) is 0 Å². The lowest BCUT2D eigenvalue weighted by atomic mass is 10.1. The number of hydrogen-bond donors (Lipinski definition) is 0. The first kappa shape index (κ1) is 12.8. The molecule has 0 atom stereocenters. The van der Waals surface area contributed by atoms with Gasteiger partial charge in [-0.1, -0.05) is 12.8 Å². The third-order valence-corrected chi connectivity index (χ3v) is 1.91. The normalized spacial score (nSPS) is 9.50. The Bertz CT molecular complexity index is 198. The summed E-state index contributed by atoms with van der Waals surface area (Å²) >= 11 is 0. The molecule has 0 saturated heterocycles. The topological polar surface area (TPSA) is 60.4 Å². The molecule has 0 aliphatic rings. The number of Topliss-reactive ketones (excluding diaryl/α,β-unsaturated/α-hetero) is 1. The second-order valence-corrected chi connectivity index (χ2v) is 3.07. The summed E-state index contributed by atoms with van der Waals surface area (Å²) in [6.45, 7) is 0. The molecule has 0 bridgehead atoms. The lowest BCUT2D eigenvalue weighted by molar-refractivity contribution is -0.140. The van der Waals surface area contributed by atoms with Gasteiger partial charge >= 0.3 is 5.97 Å². The van der Waals surface area contributed by atoms with Gasteiger partial charge in [0, 0.05) is 12.8 Å². The number of unbranched alkanes of at least 4 members (excludes halogenated alkanes) is 3. The predicted octanol–water partition coefficient (Wildman–Crippen LogP) is 1.27. The first-order valence-electron chi connectivity index (χ1n) is 4.75. The summed E-state index contributed by atoms with van der Waals surface area (Å²) < 4.78 is 4.47. The number of ketones is 1. The van der Waals surface area contributed by atoms with Crippen molar-refractivity contribution >= 4 is 18.0 Å². The Labute approximate surface area is 83.6 Å². The summed E-state index contributed by atoms with van der Waals surface area (Å²) in [5.74, 6) is -0.549. The highest BCUT2D eigenvalue weighted by atomic mass is 16.5. The molecular weight excluding hydrogens is 184 g/mol. The molecule has 0 N–H and O–H groups in total. The SMILES string of the molecule is COC(=O)CCCCCCC(=O)C=O. The smallest absolute Gasteiger partial charge is 0.305 e. The largest absolute Gasteiger partial charge is 0.469 e. The second kappa shape index (κ2) is 8.41. The van der Waals surface area contributed by atoms with E-state index in [4.69, 9.17) is 0 Å². The Morgan fingerprint density at radius 2 is 1.64 bits per heavy atom. The monoisotopic (exact) mass is 200 g/mol. The van der Waals surface area contributed by atoms with Gasteiger partial charge < -0.3 is 4.74 Å². The quantitative estimate of drug-likeness (QED) is 0.256. The Morgan fingerprint density at radius 1 is 1.07 bits per heavy atom. The zero-order chi connectivity index (χ0) is 10.8. The van der Waals surface area contributed by atoms with Crippen LogP contribution in [0.4, 0.5) is 0 Å². The average Bonchev–Trinajstić information content (AvgIpc) is 2.22. The van der Waals surface area contributed by atoms with Crippen LogP contribution in [0.5, 0.6) is 0 Å². The van der Waals surface area contributed by atoms with Crippen LogP contribution in [-0.4, -0.2) is 25.1 Å². The molecule has 0 aromatic carbocycles. The summed E-state index contributed by atoms with van der Waals surface area (Å²) in [7, 11) is 1.37. The number of aldehydes is 1. The maximum Gasteiger partial charge on any atom is 0.305 e. The van der Waals surface area contributed by atoms with E-state index in [-0.39, 0.29) is 11.8 Å². The fourth-order valence-electron chi connectivity index (χ4n) is 1.08. The maximum absolute atomic E-state index is 10.7. The van der Waals surface area contributed by atoms with Crippen molar-refractivity contribution in [3.63, 3.8) is 0 Å². The minimum atomic E-state index is -0.349. The van der Waals surface area contributed by atoms with Crippen LogP contribution in [0.3, 0.4) is 0 Å². The van der Waals surface area contributed by atoms with Gasteiger partial charge in [0.15, 0.2) is 12.1 Å². The van der Waals surface area contributed by atoms with Gasteiger partial charge in [0.2, 0.25) is 0 Å². The molecule has 0 fully saturated rings. The van der Waals surface area contributed by atoms with Crippen LogP contribution < -0.4 is 0 Å². The Morgan fingerprint density at radius 3 is 2.14 bits per heavy atom. The molecule has 4 heteroatoms. The van der Waals surface area contributed by atoms with E-state index in [0.717, 1.165) is 25.7 Å². The number of carbonyl (C=O) groups excluding carboxylic acids is 3. The molecule has 0 amide bonds. The maximum atomic E-state index is 10.7. The van der Waals surface area contributed by atoms with Gasteiger partial charge in [0.25, 0.3) is 0 Å². The van der Waals surface area contributed by atoms with Crippen molar-refractivity contribution in [3.05, 3.63) is 0 Å². The van der Waals surface area contributed by atoms with Crippen LogP contribution in [0.2, 0.25) is 0 Å². The molecule has 0 saturated carbocycles. The number of rotatable bonds is 8. The van der Waals surface area contributed by atoms with Crippen LogP contribution in [-0.2, 0) is 19.1 Å². The predicted molar refractivity (Wildman–Crippen MR) is 50.8 cm³/mol. The highest BCUT2D eigenvalue weighted by Gasteiger charge is 2.01. The van der Waals surface area contributed by atoms with E-state index >= 15 is 0 Å². The summed E-state index contributed by atoms with van der Waals surface area (Å²) in [5.41, 5.74) is 0. The molecule has 0 radical (unpaired) electrons. The molecular formula is C10H16O4. The van der Waals surface area contributed by atoms with E-state index in [1.54, 1.807) is 0 Å². The van der Waals surface area contributed by atoms with Crippen molar-refractivity contribution in [2.75, 3.05) is 7.11 Å². The number of ether oxygens (including phenoxy) is 1. The summed E-state index contributed by atoms with van der Waals surface area (Å²) in [6.07, 6.45) is 4.37. The van der Waals surface area contributed by atoms with Crippen molar-refractivity contribution in [2.45, 2.75) is 38.5 Å². The first-order valence-corrected chi connectivity index (χ1v) is 4.75. The summed E-state index contributed by atoms with van der Waals surface area (Å²) in [5, 5.41) is 0. The van der Waals surface area contributed by atoms with Crippen molar-refractivity contribution in [2.24, 2.45) is 0 Å². The third kappa shape index (κ3) is 7.46. The van der Waals surface area contributed by atoms with Crippen LogP contribution in [0, 0.1) is 0 Å². The van der Waals surface area contributed by atoms with Gasteiger partial charge in [-0.25, -0.2) is 0 Å². The molecule has 0 heterocycles. The number of esters is 1. The highest BCUT2D eigenvalue weighted by molar-refractivity contribution is 6.24. The van der Waals surface area contributed by atoms with Gasteiger partial charge in [-0.3, -0.25) is 14.4 Å². The molecule has 0 aliphatic heterocycles. The van der Waals surface area contributed by atoms with Crippen molar-refractivity contribution in [1.29, 1.82) is 0 Å². The van der Waals surface area contributed by atoms with Crippen molar-refractivity contribution in [3.8, 4) is 0 Å². The van der Waals surface area contributed by atoms with Crippen LogP contribution in [0.25, 0.3) is 0 Å². The third-order valence-electron chi connectivity index (χ3n) is 1.91. The molecule has 80 valence electrons. The van der Waals surface area contributed by atoms with E-state index in [1.807, 2.05) is 0 Å². The standard InChI is InChI=1S/C10H16O4/c1-14-10(13)7-5-3-2-4-6-9(12)8-11/h8H,2-7H2,1H3. The molecule has 0 spiro atoms. The van der Waals surface area contributed by atoms with E-state index in [1.165, 1.54) is 7.11 Å². The van der Waals surface area contributed by atoms with E-state index in [9.17, 15) is 14.4 Å². The van der Waals surface area contributed by atoms with Gasteiger partial charge in [-0.05, 0) is 12.8 Å². The lowest BCUT2D eigenvalue weighted by Gasteiger charge is -1.99. The van der Waals surface area contributed by atoms with Crippen LogP contribution in [0.1, 0.15) is 38.5 Å².